The van der Waals surface area contributed by atoms with E-state index in [0.29, 0.717) is 13.2 Å². The minimum absolute atomic E-state index is 0.322. The van der Waals surface area contributed by atoms with Crippen LogP contribution in [0.4, 0.5) is 0 Å². The van der Waals surface area contributed by atoms with Gasteiger partial charge in [-0.2, -0.15) is 0 Å². The zero-order chi connectivity index (χ0) is 6.62. The second-order valence-electron chi connectivity index (χ2n) is 1.08. The molecule has 0 radical (unpaired) electrons. The highest BCUT2D eigenvalue weighted by molar-refractivity contribution is 7.62. The molecule has 8 heavy (non-hydrogen) atoms. The van der Waals surface area contributed by atoms with Crippen LogP contribution in [0.2, 0.25) is 0 Å². The van der Waals surface area contributed by atoms with Gasteiger partial charge in [-0.15, -0.1) is 0 Å². The van der Waals surface area contributed by atoms with Gasteiger partial charge in [0.1, 0.15) is 0 Å². The largest absolute Gasteiger partial charge is 0.493 e. The summed E-state index contributed by atoms with van der Waals surface area (Å²) in [4.78, 5) is 0. The summed E-state index contributed by atoms with van der Waals surface area (Å²) < 4.78 is 4.69. The van der Waals surface area contributed by atoms with Crippen LogP contribution >= 0.6 is 33.2 Å². The summed E-state index contributed by atoms with van der Waals surface area (Å²) in [7, 11) is 0. The number of halogens is 3. The lowest BCUT2D eigenvalue weighted by Crippen LogP contribution is -2.21. The van der Waals surface area contributed by atoms with Crippen LogP contribution in [0.1, 0.15) is 0 Å². The van der Waals surface area contributed by atoms with Crippen LogP contribution in [0.15, 0.2) is 0 Å². The Kier molecular flexibility index (Phi) is 4.42. The van der Waals surface area contributed by atoms with Crippen molar-refractivity contribution >= 4 is 39.5 Å². The molecule has 0 fully saturated rings. The Labute approximate surface area is 63.1 Å². The first-order chi connectivity index (χ1) is 3.56. The molecule has 0 aromatic carbocycles. The minimum atomic E-state index is -2.84. The first-order valence-electron chi connectivity index (χ1n) is 1.97. The van der Waals surface area contributed by atoms with Crippen molar-refractivity contribution in [3.63, 3.8) is 0 Å². The van der Waals surface area contributed by atoms with Crippen LogP contribution in [0.5, 0.6) is 0 Å². The molecule has 0 unspecified atom stereocenters. The standard InChI is InChI=1S/C2H6Cl3NOSi/c3-8(4,5)7-2-1-6/h1-2,6H2. The van der Waals surface area contributed by atoms with Crippen molar-refractivity contribution in [1.29, 1.82) is 0 Å². The summed E-state index contributed by atoms with van der Waals surface area (Å²) in [6.45, 7) is 0.712. The molecule has 0 heterocycles. The Bertz CT molecular complexity index is 64.8. The second kappa shape index (κ2) is 3.93. The molecule has 0 amide bonds. The van der Waals surface area contributed by atoms with Crippen molar-refractivity contribution in [2.75, 3.05) is 13.2 Å². The summed E-state index contributed by atoms with van der Waals surface area (Å²) in [6, 6.07) is 0. The van der Waals surface area contributed by atoms with Crippen molar-refractivity contribution in [2.45, 2.75) is 0 Å². The van der Waals surface area contributed by atoms with Crippen LogP contribution in [0.3, 0.4) is 0 Å². The molecule has 0 spiro atoms. The highest BCUT2D eigenvalue weighted by Crippen LogP contribution is 2.19. The minimum Gasteiger partial charge on any atom is -0.380 e. The number of rotatable bonds is 3. The lowest BCUT2D eigenvalue weighted by Gasteiger charge is -2.06. The van der Waals surface area contributed by atoms with Crippen molar-refractivity contribution in [2.24, 2.45) is 5.73 Å². The summed E-state index contributed by atoms with van der Waals surface area (Å²) in [5, 5.41) is 0. The average molecular weight is 195 g/mol. The highest BCUT2D eigenvalue weighted by Gasteiger charge is 2.26. The zero-order valence-electron chi connectivity index (χ0n) is 4.03. The fourth-order valence-electron chi connectivity index (χ4n) is 0.175. The predicted molar refractivity (Wildman–Crippen MR) is 38.3 cm³/mol. The average Bonchev–Trinajstić information content (AvgIpc) is 1.59. The Morgan fingerprint density at radius 1 is 1.38 bits per heavy atom. The van der Waals surface area contributed by atoms with Gasteiger partial charge in [0.05, 0.1) is 0 Å². The van der Waals surface area contributed by atoms with Gasteiger partial charge in [0.2, 0.25) is 0 Å². The quantitative estimate of drug-likeness (QED) is 0.540. The summed E-state index contributed by atoms with van der Waals surface area (Å²) in [5.41, 5.74) is 5.06. The predicted octanol–water partition coefficient (Wildman–Crippen LogP) is 1.11. The van der Waals surface area contributed by atoms with Crippen molar-refractivity contribution in [1.82, 2.24) is 0 Å². The van der Waals surface area contributed by atoms with Gasteiger partial charge in [-0.25, -0.2) is 0 Å². The first-order valence-corrected chi connectivity index (χ1v) is 6.91. The van der Waals surface area contributed by atoms with Crippen LogP contribution in [-0.4, -0.2) is 19.4 Å². The van der Waals surface area contributed by atoms with Crippen molar-refractivity contribution in [3.05, 3.63) is 0 Å². The summed E-state index contributed by atoms with van der Waals surface area (Å²) in [5.74, 6) is 0. The van der Waals surface area contributed by atoms with E-state index < -0.39 is 6.25 Å². The van der Waals surface area contributed by atoms with E-state index >= 15 is 0 Å². The summed E-state index contributed by atoms with van der Waals surface area (Å²) in [6.07, 6.45) is -2.84. The normalized spacial score (nSPS) is 12.0. The van der Waals surface area contributed by atoms with E-state index in [1.165, 1.54) is 0 Å². The maximum absolute atomic E-state index is 5.30. The first kappa shape index (κ1) is 9.01. The van der Waals surface area contributed by atoms with Crippen molar-refractivity contribution < 1.29 is 4.43 Å². The van der Waals surface area contributed by atoms with Gasteiger partial charge < -0.3 is 10.2 Å². The van der Waals surface area contributed by atoms with Crippen molar-refractivity contribution in [3.8, 4) is 0 Å². The van der Waals surface area contributed by atoms with E-state index in [1.807, 2.05) is 0 Å². The van der Waals surface area contributed by atoms with Gasteiger partial charge in [0, 0.05) is 13.2 Å². The fraction of sp³-hybridized carbons (Fsp3) is 1.00. The van der Waals surface area contributed by atoms with Gasteiger partial charge in [-0.05, 0) is 0 Å². The maximum Gasteiger partial charge on any atom is 0.493 e. The van der Waals surface area contributed by atoms with Gasteiger partial charge in [-0.3, -0.25) is 0 Å². The smallest absolute Gasteiger partial charge is 0.380 e. The third-order valence-electron chi connectivity index (χ3n) is 0.384. The molecule has 0 aliphatic carbocycles. The molecule has 0 saturated heterocycles. The van der Waals surface area contributed by atoms with E-state index in [-0.39, 0.29) is 0 Å². The van der Waals surface area contributed by atoms with Gasteiger partial charge in [0.25, 0.3) is 0 Å². The molecule has 0 rings (SSSR count). The highest BCUT2D eigenvalue weighted by atomic mass is 35.8. The van der Waals surface area contributed by atoms with E-state index in [4.69, 9.17) is 39.0 Å². The summed E-state index contributed by atoms with van der Waals surface area (Å²) >= 11 is 15.9. The Morgan fingerprint density at radius 3 is 2.00 bits per heavy atom. The fourth-order valence-corrected chi connectivity index (χ4v) is 1.22. The van der Waals surface area contributed by atoms with E-state index in [0.717, 1.165) is 0 Å². The molecule has 6 heteroatoms. The Morgan fingerprint density at radius 2 is 1.88 bits per heavy atom. The molecular formula is C2H6Cl3NOSi. The number of hydrogen-bond donors (Lipinski definition) is 1. The SMILES string of the molecule is NCCO[Si](Cl)(Cl)Cl. The second-order valence-corrected chi connectivity index (χ2v) is 8.79. The van der Waals surface area contributed by atoms with Crippen LogP contribution in [0.25, 0.3) is 0 Å². The molecule has 0 bridgehead atoms. The lowest BCUT2D eigenvalue weighted by molar-refractivity contribution is 0.347. The van der Waals surface area contributed by atoms with Crippen LogP contribution in [0, 0.1) is 0 Å². The third kappa shape index (κ3) is 7.01. The molecule has 0 saturated carbocycles. The molecule has 2 nitrogen and oxygen atoms in total. The van der Waals surface area contributed by atoms with Gasteiger partial charge in [0.15, 0.2) is 0 Å². The Hall–Kier alpha value is 1.01. The lowest BCUT2D eigenvalue weighted by atomic mass is 10.8. The van der Waals surface area contributed by atoms with E-state index in [2.05, 4.69) is 4.43 Å². The molecule has 0 aliphatic heterocycles. The van der Waals surface area contributed by atoms with Gasteiger partial charge in [-0.1, -0.05) is 33.2 Å². The molecule has 2 N–H and O–H groups in total. The van der Waals surface area contributed by atoms with Gasteiger partial charge >= 0.3 is 6.25 Å². The van der Waals surface area contributed by atoms with Crippen LogP contribution in [-0.2, 0) is 4.43 Å². The number of nitrogens with two attached hydrogens (primary N) is 1. The third-order valence-corrected chi connectivity index (χ3v) is 1.90. The van der Waals surface area contributed by atoms with Crippen LogP contribution < -0.4 is 5.73 Å². The molecule has 50 valence electrons. The topological polar surface area (TPSA) is 35.2 Å². The molecule has 0 aliphatic rings. The number of hydrogen-bond acceptors (Lipinski definition) is 2. The zero-order valence-corrected chi connectivity index (χ0v) is 7.30. The molecular weight excluding hydrogens is 188 g/mol. The van der Waals surface area contributed by atoms with E-state index in [9.17, 15) is 0 Å². The maximum atomic E-state index is 5.30. The molecule has 0 aromatic heterocycles. The Balaban J connectivity index is 3.11. The monoisotopic (exact) mass is 193 g/mol. The molecule has 0 atom stereocenters. The van der Waals surface area contributed by atoms with E-state index in [1.54, 1.807) is 0 Å². The molecule has 0 aromatic rings.